The number of carbonyl (C=O) groups is 1. The smallest absolute Gasteiger partial charge is 0.416 e. The van der Waals surface area contributed by atoms with Gasteiger partial charge in [-0.1, -0.05) is 12.1 Å². The molecule has 40 heavy (non-hydrogen) atoms. The summed E-state index contributed by atoms with van der Waals surface area (Å²) in [4.78, 5) is 21.6. The van der Waals surface area contributed by atoms with Gasteiger partial charge < -0.3 is 15.0 Å². The second-order valence-corrected chi connectivity index (χ2v) is 10.5. The van der Waals surface area contributed by atoms with Crippen LogP contribution in [0.4, 0.5) is 18.9 Å². The highest BCUT2D eigenvalue weighted by Gasteiger charge is 2.31. The molecule has 2 aromatic carbocycles. The van der Waals surface area contributed by atoms with Gasteiger partial charge in [0, 0.05) is 69.1 Å². The molecular weight excluding hydrogens is 519 g/mol. The van der Waals surface area contributed by atoms with Crippen molar-refractivity contribution in [3.63, 3.8) is 0 Å². The zero-order chi connectivity index (χ0) is 28.1. The Labute approximate surface area is 231 Å². The molecule has 3 aliphatic heterocycles. The Kier molecular flexibility index (Phi) is 8.40. The summed E-state index contributed by atoms with van der Waals surface area (Å²) >= 11 is 0. The van der Waals surface area contributed by atoms with Crippen LogP contribution in [0.2, 0.25) is 0 Å². The highest BCUT2D eigenvalue weighted by molar-refractivity contribution is 6.01. The van der Waals surface area contributed by atoms with Crippen molar-refractivity contribution in [2.45, 2.75) is 57.0 Å². The zero-order valence-electron chi connectivity index (χ0n) is 22.2. The number of alkyl halides is 3. The van der Waals surface area contributed by atoms with Gasteiger partial charge >= 0.3 is 6.18 Å². The van der Waals surface area contributed by atoms with Gasteiger partial charge in [-0.15, -0.1) is 0 Å². The van der Waals surface area contributed by atoms with Gasteiger partial charge in [0.05, 0.1) is 23.6 Å². The number of benzene rings is 2. The Balaban J connectivity index is 1.000. The standard InChI is InChI=1S/C30H32F3N5O2/c31-30(32,33)24-5-7-26(8-6-24)38-15-11-27(12-16-38)40-28-17-23(19-35-28)29(39)36-25-9-13-37(14-10-25)20-22-3-1-21(18-34)2-4-22/h1-8,19,25,27H,9-17,20H2,(H,36,39). The molecule has 0 unspecified atom stereocenters. The van der Waals surface area contributed by atoms with E-state index in [1.54, 1.807) is 6.20 Å². The summed E-state index contributed by atoms with van der Waals surface area (Å²) in [5.74, 6) is 0.431. The molecule has 10 heteroatoms. The molecule has 5 rings (SSSR count). The third-order valence-corrected chi connectivity index (χ3v) is 7.71. The predicted octanol–water partition coefficient (Wildman–Crippen LogP) is 5.03. The van der Waals surface area contributed by atoms with E-state index in [4.69, 9.17) is 10.00 Å². The van der Waals surface area contributed by atoms with Crippen LogP contribution in [-0.2, 0) is 22.3 Å². The highest BCUT2D eigenvalue weighted by Crippen LogP contribution is 2.31. The molecule has 0 radical (unpaired) electrons. The molecule has 210 valence electrons. The fourth-order valence-electron chi connectivity index (χ4n) is 5.36. The fourth-order valence-corrected chi connectivity index (χ4v) is 5.36. The van der Waals surface area contributed by atoms with Crippen molar-refractivity contribution < 1.29 is 22.7 Å². The molecule has 0 bridgehead atoms. The maximum Gasteiger partial charge on any atom is 0.416 e. The molecule has 0 aromatic heterocycles. The first kappa shape index (κ1) is 27.7. The van der Waals surface area contributed by atoms with E-state index in [2.05, 4.69) is 26.2 Å². The molecule has 3 heterocycles. The number of nitrogens with zero attached hydrogens (tertiary/aromatic N) is 4. The minimum atomic E-state index is -4.34. The van der Waals surface area contributed by atoms with Crippen LogP contribution < -0.4 is 10.2 Å². The number of ether oxygens (including phenoxy) is 1. The molecule has 2 aromatic rings. The van der Waals surface area contributed by atoms with E-state index in [9.17, 15) is 18.0 Å². The number of anilines is 1. The summed E-state index contributed by atoms with van der Waals surface area (Å²) < 4.78 is 44.5. The molecule has 1 N–H and O–H groups in total. The van der Waals surface area contributed by atoms with Crippen LogP contribution in [0.3, 0.4) is 0 Å². The van der Waals surface area contributed by atoms with Crippen molar-refractivity contribution in [2.24, 2.45) is 4.99 Å². The first-order valence-corrected chi connectivity index (χ1v) is 13.6. The summed E-state index contributed by atoms with van der Waals surface area (Å²) in [6.45, 7) is 3.96. The van der Waals surface area contributed by atoms with Crippen LogP contribution in [0.1, 0.15) is 48.8 Å². The number of aliphatic imine (C=N–C) groups is 1. The Morgan fingerprint density at radius 3 is 2.30 bits per heavy atom. The largest absolute Gasteiger partial charge is 0.477 e. The van der Waals surface area contributed by atoms with Crippen molar-refractivity contribution in [2.75, 3.05) is 31.1 Å². The van der Waals surface area contributed by atoms with Crippen LogP contribution in [0, 0.1) is 11.3 Å². The van der Waals surface area contributed by atoms with Gasteiger partial charge in [-0.25, -0.2) is 4.99 Å². The second kappa shape index (κ2) is 12.1. The molecule has 2 saturated heterocycles. The van der Waals surface area contributed by atoms with Gasteiger partial charge in [0.1, 0.15) is 6.10 Å². The van der Waals surface area contributed by atoms with Crippen LogP contribution in [0.25, 0.3) is 0 Å². The lowest BCUT2D eigenvalue weighted by Gasteiger charge is -2.34. The average molecular weight is 552 g/mol. The minimum Gasteiger partial charge on any atom is -0.477 e. The lowest BCUT2D eigenvalue weighted by Crippen LogP contribution is -2.44. The Morgan fingerprint density at radius 2 is 1.68 bits per heavy atom. The molecule has 1 amide bonds. The number of nitriles is 1. The number of amides is 1. The number of rotatable bonds is 6. The van der Waals surface area contributed by atoms with Crippen LogP contribution >= 0.6 is 0 Å². The van der Waals surface area contributed by atoms with Crippen molar-refractivity contribution in [1.82, 2.24) is 10.2 Å². The van der Waals surface area contributed by atoms with Gasteiger partial charge in [-0.3, -0.25) is 9.69 Å². The highest BCUT2D eigenvalue weighted by atomic mass is 19.4. The summed E-state index contributed by atoms with van der Waals surface area (Å²) in [6.07, 6.45) is 0.765. The molecule has 3 aliphatic rings. The van der Waals surface area contributed by atoms with E-state index in [-0.39, 0.29) is 18.1 Å². The molecule has 7 nitrogen and oxygen atoms in total. The first-order valence-electron chi connectivity index (χ1n) is 13.6. The maximum atomic E-state index is 12.8. The van der Waals surface area contributed by atoms with Gasteiger partial charge in [-0.2, -0.15) is 18.4 Å². The zero-order valence-corrected chi connectivity index (χ0v) is 22.2. The summed E-state index contributed by atoms with van der Waals surface area (Å²) in [7, 11) is 0. The topological polar surface area (TPSA) is 81.0 Å². The quantitative estimate of drug-likeness (QED) is 0.545. The first-order chi connectivity index (χ1) is 19.3. The lowest BCUT2D eigenvalue weighted by molar-refractivity contribution is -0.137. The molecular formula is C30H32F3N5O2. The van der Waals surface area contributed by atoms with Crippen LogP contribution in [0.5, 0.6) is 0 Å². The normalized spacial score (nSPS) is 19.1. The van der Waals surface area contributed by atoms with E-state index in [0.29, 0.717) is 36.5 Å². The number of halogens is 3. The third kappa shape index (κ3) is 7.02. The SMILES string of the molecule is N#Cc1ccc(CN2CCC(NC(=O)C3=CN=C(OC4CCN(c5ccc(C(F)(F)F)cc5)CC4)C3)CC2)cc1. The number of likely N-dealkylation sites (tertiary alicyclic amines) is 1. The number of hydrogen-bond acceptors (Lipinski definition) is 6. The minimum absolute atomic E-state index is 0.0410. The third-order valence-electron chi connectivity index (χ3n) is 7.71. The average Bonchev–Trinajstić information content (AvgIpc) is 3.43. The number of nitrogens with one attached hydrogen (secondary N) is 1. The molecule has 2 fully saturated rings. The van der Waals surface area contributed by atoms with Crippen LogP contribution in [0.15, 0.2) is 65.3 Å². The van der Waals surface area contributed by atoms with Gasteiger partial charge in [0.2, 0.25) is 5.91 Å². The number of carbonyl (C=O) groups excluding carboxylic acids is 1. The Bertz CT molecular complexity index is 1280. The second-order valence-electron chi connectivity index (χ2n) is 10.5. The van der Waals surface area contributed by atoms with Gasteiger partial charge in [0.25, 0.3) is 0 Å². The molecule has 0 atom stereocenters. The van der Waals surface area contributed by atoms with Crippen molar-refractivity contribution in [1.29, 1.82) is 5.26 Å². The van der Waals surface area contributed by atoms with Gasteiger partial charge in [-0.05, 0) is 54.8 Å². The van der Waals surface area contributed by atoms with Crippen molar-refractivity contribution in [3.8, 4) is 6.07 Å². The summed E-state index contributed by atoms with van der Waals surface area (Å²) in [6, 6.07) is 15.2. The molecule has 0 spiro atoms. The number of piperidine rings is 2. The summed E-state index contributed by atoms with van der Waals surface area (Å²) in [5.41, 5.74) is 2.55. The van der Waals surface area contributed by atoms with Gasteiger partial charge in [0.15, 0.2) is 5.90 Å². The van der Waals surface area contributed by atoms with E-state index >= 15 is 0 Å². The van der Waals surface area contributed by atoms with E-state index in [0.717, 1.165) is 63.1 Å². The molecule has 0 saturated carbocycles. The van der Waals surface area contributed by atoms with E-state index in [1.807, 2.05) is 24.3 Å². The fraction of sp³-hybridized carbons (Fsp3) is 0.433. The predicted molar refractivity (Wildman–Crippen MR) is 145 cm³/mol. The van der Waals surface area contributed by atoms with E-state index in [1.165, 1.54) is 17.7 Å². The Hall–Kier alpha value is -3.84. The van der Waals surface area contributed by atoms with Crippen LogP contribution in [-0.4, -0.2) is 55.0 Å². The molecule has 0 aliphatic carbocycles. The number of hydrogen-bond donors (Lipinski definition) is 1. The van der Waals surface area contributed by atoms with E-state index < -0.39 is 11.7 Å². The van der Waals surface area contributed by atoms with Crippen molar-refractivity contribution in [3.05, 3.63) is 77.0 Å². The monoisotopic (exact) mass is 551 g/mol. The lowest BCUT2D eigenvalue weighted by atomic mass is 10.0. The Morgan fingerprint density at radius 1 is 1.00 bits per heavy atom. The maximum absolute atomic E-state index is 12.8. The summed E-state index contributed by atoms with van der Waals surface area (Å²) in [5, 5.41) is 12.1. The van der Waals surface area contributed by atoms with Crippen molar-refractivity contribution >= 4 is 17.5 Å².